The van der Waals surface area contributed by atoms with E-state index in [2.05, 4.69) is 12.1 Å². The number of fused-ring (bicyclic) bond motifs is 1. The van der Waals surface area contributed by atoms with E-state index < -0.39 is 13.2 Å². The van der Waals surface area contributed by atoms with Gasteiger partial charge in [0.2, 0.25) is 5.79 Å². The lowest BCUT2D eigenvalue weighted by molar-refractivity contribution is -0.278. The van der Waals surface area contributed by atoms with Crippen LogP contribution >= 0.6 is 22.2 Å². The average Bonchev–Trinajstić information content (AvgIpc) is 2.68. The van der Waals surface area contributed by atoms with Gasteiger partial charge >= 0.3 is 7.42 Å². The van der Waals surface area contributed by atoms with Gasteiger partial charge in [-0.3, -0.25) is 0 Å². The maximum Gasteiger partial charge on any atom is 0.307 e. The molecule has 1 heterocycles. The molecule has 0 saturated heterocycles. The fourth-order valence-corrected chi connectivity index (χ4v) is 6.24. The SMILES string of the molecule is Cl[Si](Cl)c1ccc2c(c1)COC(C1CCCCC1)(C1CCCCC1)O2. The lowest BCUT2D eigenvalue weighted by Gasteiger charge is -2.50. The summed E-state index contributed by atoms with van der Waals surface area (Å²) in [5, 5.41) is 1.02. The van der Waals surface area contributed by atoms with Crippen LogP contribution in [0.4, 0.5) is 0 Å². The quantitative estimate of drug-likeness (QED) is 0.486. The molecule has 25 heavy (non-hydrogen) atoms. The third-order valence-electron chi connectivity index (χ3n) is 6.35. The van der Waals surface area contributed by atoms with Crippen molar-refractivity contribution >= 4 is 34.8 Å². The normalized spacial score (nSPS) is 24.8. The van der Waals surface area contributed by atoms with Crippen LogP contribution in [0.1, 0.15) is 69.8 Å². The highest BCUT2D eigenvalue weighted by Gasteiger charge is 2.51. The number of hydrogen-bond acceptors (Lipinski definition) is 2. The second kappa shape index (κ2) is 7.80. The van der Waals surface area contributed by atoms with E-state index in [-0.39, 0.29) is 0 Å². The van der Waals surface area contributed by atoms with Gasteiger partial charge < -0.3 is 9.47 Å². The van der Waals surface area contributed by atoms with Crippen LogP contribution in [0.3, 0.4) is 0 Å². The lowest BCUT2D eigenvalue weighted by atomic mass is 9.72. The van der Waals surface area contributed by atoms with Gasteiger partial charge in [0.25, 0.3) is 0 Å². The summed E-state index contributed by atoms with van der Waals surface area (Å²) in [7, 11) is -1.48. The molecule has 2 nitrogen and oxygen atoms in total. The molecule has 3 aliphatic rings. The molecule has 1 aromatic rings. The maximum absolute atomic E-state index is 6.74. The Hall–Kier alpha value is -0.223. The first-order chi connectivity index (χ1) is 12.2. The summed E-state index contributed by atoms with van der Waals surface area (Å²) >= 11 is 12.3. The minimum atomic E-state index is -1.48. The Kier molecular flexibility index (Phi) is 5.66. The van der Waals surface area contributed by atoms with Gasteiger partial charge in [-0.1, -0.05) is 50.7 Å². The third-order valence-corrected chi connectivity index (χ3v) is 8.41. The summed E-state index contributed by atoms with van der Waals surface area (Å²) in [5.41, 5.74) is 1.10. The summed E-state index contributed by atoms with van der Waals surface area (Å²) in [5.74, 6) is 1.63. The minimum absolute atomic E-state index is 0.412. The summed E-state index contributed by atoms with van der Waals surface area (Å²) in [6.45, 7) is 0.624. The first-order valence-electron chi connectivity index (χ1n) is 9.83. The molecule has 2 fully saturated rings. The van der Waals surface area contributed by atoms with E-state index in [9.17, 15) is 0 Å². The fourth-order valence-electron chi connectivity index (χ4n) is 5.05. The van der Waals surface area contributed by atoms with Gasteiger partial charge in [-0.15, -0.1) is 22.2 Å². The second-order valence-corrected chi connectivity index (χ2v) is 11.8. The predicted molar refractivity (Wildman–Crippen MR) is 105 cm³/mol. The molecule has 1 radical (unpaired) electrons. The molecule has 0 aromatic heterocycles. The van der Waals surface area contributed by atoms with Gasteiger partial charge in [0.15, 0.2) is 0 Å². The van der Waals surface area contributed by atoms with Gasteiger partial charge in [0.1, 0.15) is 5.75 Å². The van der Waals surface area contributed by atoms with Crippen molar-refractivity contribution in [2.24, 2.45) is 11.8 Å². The smallest absolute Gasteiger partial charge is 0.307 e. The van der Waals surface area contributed by atoms with E-state index in [1.165, 1.54) is 64.2 Å². The zero-order valence-corrected chi connectivity index (χ0v) is 17.2. The van der Waals surface area contributed by atoms with Crippen molar-refractivity contribution < 1.29 is 9.47 Å². The monoisotopic (exact) mass is 397 g/mol. The zero-order valence-electron chi connectivity index (χ0n) is 14.7. The first-order valence-corrected chi connectivity index (χ1v) is 13.4. The molecule has 4 rings (SSSR count). The highest BCUT2D eigenvalue weighted by Crippen LogP contribution is 2.49. The highest BCUT2D eigenvalue weighted by molar-refractivity contribution is 7.39. The number of ether oxygens (including phenoxy) is 2. The third kappa shape index (κ3) is 3.62. The van der Waals surface area contributed by atoms with E-state index in [1.807, 2.05) is 6.07 Å². The molecule has 2 saturated carbocycles. The summed E-state index contributed by atoms with van der Waals surface area (Å²) in [6, 6.07) is 6.18. The molecule has 0 spiro atoms. The molecule has 0 unspecified atom stereocenters. The standard InChI is InChI=1S/C20H27Cl2O2Si/c21-25(22)18-11-12-19-15(13-18)14-23-20(24-19,16-7-3-1-4-8-16)17-9-5-2-6-10-17/h11-13,16-17H,1-10,14H2. The van der Waals surface area contributed by atoms with Crippen LogP contribution < -0.4 is 9.92 Å². The van der Waals surface area contributed by atoms with Gasteiger partial charge in [-0.2, -0.15) is 0 Å². The van der Waals surface area contributed by atoms with E-state index in [1.54, 1.807) is 0 Å². The molecule has 0 N–H and O–H groups in total. The Morgan fingerprint density at radius 1 is 0.880 bits per heavy atom. The summed E-state index contributed by atoms with van der Waals surface area (Å²) < 4.78 is 13.3. The molecule has 2 aliphatic carbocycles. The van der Waals surface area contributed by atoms with Crippen LogP contribution in [0, 0.1) is 11.8 Å². The van der Waals surface area contributed by atoms with Crippen LogP contribution in [-0.4, -0.2) is 13.2 Å². The first kappa shape index (κ1) is 18.2. The molecule has 0 bridgehead atoms. The van der Waals surface area contributed by atoms with Gasteiger partial charge in [-0.25, -0.2) is 0 Å². The Morgan fingerprint density at radius 2 is 1.48 bits per heavy atom. The highest BCUT2D eigenvalue weighted by atomic mass is 35.7. The van der Waals surface area contributed by atoms with E-state index in [0.29, 0.717) is 18.4 Å². The lowest BCUT2D eigenvalue weighted by Crippen LogP contribution is -2.55. The van der Waals surface area contributed by atoms with Crippen molar-refractivity contribution in [1.29, 1.82) is 0 Å². The number of hydrogen-bond donors (Lipinski definition) is 0. The van der Waals surface area contributed by atoms with Gasteiger partial charge in [0, 0.05) is 17.4 Å². The topological polar surface area (TPSA) is 18.5 Å². The Morgan fingerprint density at radius 3 is 2.04 bits per heavy atom. The van der Waals surface area contributed by atoms with Crippen molar-refractivity contribution in [2.45, 2.75) is 76.6 Å². The van der Waals surface area contributed by atoms with Crippen LogP contribution in [0.5, 0.6) is 5.75 Å². The van der Waals surface area contributed by atoms with Gasteiger partial charge in [0.05, 0.1) is 6.61 Å². The zero-order chi connectivity index (χ0) is 17.3. The van der Waals surface area contributed by atoms with Crippen LogP contribution in [0.15, 0.2) is 18.2 Å². The van der Waals surface area contributed by atoms with E-state index in [4.69, 9.17) is 31.6 Å². The van der Waals surface area contributed by atoms with Crippen molar-refractivity contribution in [1.82, 2.24) is 0 Å². The number of rotatable bonds is 3. The Bertz CT molecular complexity index is 577. The minimum Gasteiger partial charge on any atom is -0.461 e. The second-order valence-electron chi connectivity index (χ2n) is 7.86. The van der Waals surface area contributed by atoms with Crippen LogP contribution in [0.2, 0.25) is 0 Å². The van der Waals surface area contributed by atoms with Crippen LogP contribution in [-0.2, 0) is 11.3 Å². The summed E-state index contributed by atoms with van der Waals surface area (Å²) in [4.78, 5) is 0. The Labute approximate surface area is 162 Å². The predicted octanol–water partition coefficient (Wildman–Crippen LogP) is 5.63. The van der Waals surface area contributed by atoms with Crippen LogP contribution in [0.25, 0.3) is 0 Å². The molecule has 1 aliphatic heterocycles. The molecular formula is C20H27Cl2O2Si. The molecular weight excluding hydrogens is 371 g/mol. The van der Waals surface area contributed by atoms with Gasteiger partial charge in [-0.05, 0) is 36.9 Å². The average molecular weight is 398 g/mol. The molecule has 137 valence electrons. The van der Waals surface area contributed by atoms with Crippen molar-refractivity contribution in [3.63, 3.8) is 0 Å². The fraction of sp³-hybridized carbons (Fsp3) is 0.700. The molecule has 5 heteroatoms. The molecule has 1 aromatic carbocycles. The number of benzene rings is 1. The summed E-state index contributed by atoms with van der Waals surface area (Å²) in [6.07, 6.45) is 12.9. The van der Waals surface area contributed by atoms with Crippen molar-refractivity contribution in [3.8, 4) is 5.75 Å². The molecule has 0 atom stereocenters. The van der Waals surface area contributed by atoms with Crippen molar-refractivity contribution in [2.75, 3.05) is 0 Å². The van der Waals surface area contributed by atoms with E-state index >= 15 is 0 Å². The van der Waals surface area contributed by atoms with E-state index in [0.717, 1.165) is 16.5 Å². The molecule has 0 amide bonds. The Balaban J connectivity index is 1.65. The largest absolute Gasteiger partial charge is 0.461 e. The number of halogens is 2. The maximum atomic E-state index is 6.74. The van der Waals surface area contributed by atoms with Crippen molar-refractivity contribution in [3.05, 3.63) is 23.8 Å².